The van der Waals surface area contributed by atoms with Gasteiger partial charge in [-0.05, 0) is 43.0 Å². The van der Waals surface area contributed by atoms with E-state index in [1.807, 2.05) is 41.2 Å². The highest BCUT2D eigenvalue weighted by Gasteiger charge is 2.15. The number of rotatable bonds is 4. The molecule has 1 saturated heterocycles. The smallest absolute Gasteiger partial charge is 0.198 e. The largest absolute Gasteiger partial charge is 0.343 e. The van der Waals surface area contributed by atoms with Gasteiger partial charge in [0.25, 0.3) is 0 Å². The lowest BCUT2D eigenvalue weighted by Crippen LogP contribution is -2.40. The summed E-state index contributed by atoms with van der Waals surface area (Å²) in [6.07, 6.45) is 11.0. The van der Waals surface area contributed by atoms with Gasteiger partial charge in [-0.15, -0.1) is 24.0 Å². The summed E-state index contributed by atoms with van der Waals surface area (Å²) in [5.74, 6) is 1.80. The third-order valence-electron chi connectivity index (χ3n) is 4.67. The molecule has 6 nitrogen and oxygen atoms in total. The number of para-hydroxylation sites is 1. The van der Waals surface area contributed by atoms with Crippen LogP contribution in [0.25, 0.3) is 5.82 Å². The highest BCUT2D eigenvalue weighted by atomic mass is 127. The Balaban J connectivity index is 0.00000225. The third-order valence-corrected chi connectivity index (χ3v) is 4.67. The van der Waals surface area contributed by atoms with Crippen LogP contribution in [-0.4, -0.2) is 38.5 Å². The maximum absolute atomic E-state index is 4.88. The fourth-order valence-electron chi connectivity index (χ4n) is 3.20. The molecule has 0 bridgehead atoms. The molecule has 0 atom stereocenters. The summed E-state index contributed by atoms with van der Waals surface area (Å²) in [5.41, 5.74) is 2.15. The van der Waals surface area contributed by atoms with Crippen molar-refractivity contribution in [1.82, 2.24) is 19.4 Å². The van der Waals surface area contributed by atoms with Gasteiger partial charge in [0, 0.05) is 37.4 Å². The number of hydrogen-bond acceptors (Lipinski definition) is 3. The molecule has 1 aliphatic rings. The van der Waals surface area contributed by atoms with Crippen LogP contribution in [-0.2, 0) is 6.54 Å². The molecule has 0 aliphatic carbocycles. The second kappa shape index (κ2) is 10.2. The van der Waals surface area contributed by atoms with Gasteiger partial charge in [-0.1, -0.05) is 24.3 Å². The van der Waals surface area contributed by atoms with Gasteiger partial charge in [-0.2, -0.15) is 0 Å². The molecule has 3 heterocycles. The Labute approximate surface area is 182 Å². The van der Waals surface area contributed by atoms with E-state index < -0.39 is 0 Å². The Morgan fingerprint density at radius 2 is 1.86 bits per heavy atom. The number of likely N-dealkylation sites (tertiary alicyclic amines) is 1. The van der Waals surface area contributed by atoms with Crippen molar-refractivity contribution >= 4 is 35.6 Å². The molecular formula is C21H25IN6. The molecule has 1 fully saturated rings. The van der Waals surface area contributed by atoms with Crippen molar-refractivity contribution in [3.8, 4) is 5.82 Å². The number of benzene rings is 1. The minimum atomic E-state index is 0. The van der Waals surface area contributed by atoms with E-state index in [9.17, 15) is 0 Å². The number of nitrogens with zero attached hydrogens (tertiary/aromatic N) is 5. The lowest BCUT2D eigenvalue weighted by atomic mass is 10.1. The van der Waals surface area contributed by atoms with E-state index >= 15 is 0 Å². The molecule has 0 amide bonds. The topological polar surface area (TPSA) is 58.3 Å². The predicted octanol–water partition coefficient (Wildman–Crippen LogP) is 4.34. The first kappa shape index (κ1) is 20.3. The Morgan fingerprint density at radius 1 is 1.04 bits per heavy atom. The van der Waals surface area contributed by atoms with Crippen LogP contribution in [0.3, 0.4) is 0 Å². The maximum Gasteiger partial charge on any atom is 0.198 e. The first-order valence-electron chi connectivity index (χ1n) is 9.43. The summed E-state index contributed by atoms with van der Waals surface area (Å²) in [6, 6.07) is 14.3. The van der Waals surface area contributed by atoms with E-state index in [1.54, 1.807) is 12.5 Å². The van der Waals surface area contributed by atoms with Gasteiger partial charge in [-0.25, -0.2) is 15.0 Å². The van der Waals surface area contributed by atoms with Gasteiger partial charge in [0.1, 0.15) is 12.1 Å². The number of aromatic nitrogens is 3. The van der Waals surface area contributed by atoms with Gasteiger partial charge < -0.3 is 10.2 Å². The Bertz CT molecular complexity index is 856. The zero-order valence-electron chi connectivity index (χ0n) is 15.7. The lowest BCUT2D eigenvalue weighted by molar-refractivity contribution is 0.340. The molecule has 1 aliphatic heterocycles. The zero-order chi connectivity index (χ0) is 18.3. The number of pyridine rings is 1. The molecule has 4 rings (SSSR count). The van der Waals surface area contributed by atoms with Gasteiger partial charge in [0.05, 0.1) is 6.54 Å². The highest BCUT2D eigenvalue weighted by molar-refractivity contribution is 14.0. The molecule has 28 heavy (non-hydrogen) atoms. The standard InChI is InChI=1S/C21H24N6.HI/c1-3-7-19(8-4-1)25-21(26-12-5-2-6-13-26)24-16-18-9-10-20(23-15-18)27-14-11-22-17-27;/h1,3-4,7-11,14-15,17H,2,5-6,12-13,16H2,(H,24,25);1H. The fourth-order valence-corrected chi connectivity index (χ4v) is 3.20. The predicted molar refractivity (Wildman–Crippen MR) is 123 cm³/mol. The Kier molecular flexibility index (Phi) is 7.41. The number of imidazole rings is 1. The van der Waals surface area contributed by atoms with Gasteiger partial charge in [0.2, 0.25) is 0 Å². The third kappa shape index (κ3) is 5.31. The van der Waals surface area contributed by atoms with E-state index in [-0.39, 0.29) is 24.0 Å². The minimum absolute atomic E-state index is 0. The number of nitrogens with one attached hydrogen (secondary N) is 1. The molecule has 146 valence electrons. The second-order valence-corrected chi connectivity index (χ2v) is 6.67. The van der Waals surface area contributed by atoms with E-state index in [1.165, 1.54) is 19.3 Å². The van der Waals surface area contributed by atoms with Crippen LogP contribution in [0.15, 0.2) is 72.4 Å². The normalized spacial score (nSPS) is 14.4. The monoisotopic (exact) mass is 488 g/mol. The van der Waals surface area contributed by atoms with Crippen LogP contribution in [0.5, 0.6) is 0 Å². The summed E-state index contributed by atoms with van der Waals surface area (Å²) in [7, 11) is 0. The van der Waals surface area contributed by atoms with E-state index in [0.29, 0.717) is 6.54 Å². The lowest BCUT2D eigenvalue weighted by Gasteiger charge is -2.30. The fraction of sp³-hybridized carbons (Fsp3) is 0.286. The van der Waals surface area contributed by atoms with Crippen molar-refractivity contribution in [1.29, 1.82) is 0 Å². The van der Waals surface area contributed by atoms with Crippen LogP contribution >= 0.6 is 24.0 Å². The van der Waals surface area contributed by atoms with Gasteiger partial charge in [-0.3, -0.25) is 4.57 Å². The van der Waals surface area contributed by atoms with Crippen molar-refractivity contribution in [3.05, 3.63) is 72.9 Å². The molecule has 1 N–H and O–H groups in total. The number of anilines is 1. The van der Waals surface area contributed by atoms with Crippen LogP contribution < -0.4 is 5.32 Å². The first-order valence-corrected chi connectivity index (χ1v) is 9.43. The quantitative estimate of drug-likeness (QED) is 0.337. The average Bonchev–Trinajstić information content (AvgIpc) is 3.28. The second-order valence-electron chi connectivity index (χ2n) is 6.67. The molecule has 7 heteroatoms. The number of guanidine groups is 1. The van der Waals surface area contributed by atoms with Crippen molar-refractivity contribution < 1.29 is 0 Å². The van der Waals surface area contributed by atoms with Crippen molar-refractivity contribution in [2.24, 2.45) is 4.99 Å². The molecule has 2 aromatic heterocycles. The average molecular weight is 488 g/mol. The van der Waals surface area contributed by atoms with Gasteiger partial charge in [0.15, 0.2) is 5.96 Å². The SMILES string of the molecule is I.c1ccc(NC(=NCc2ccc(-n3ccnc3)nc2)N2CCCCC2)cc1. The van der Waals surface area contributed by atoms with E-state index in [2.05, 4.69) is 38.4 Å². The van der Waals surface area contributed by atoms with Crippen LogP contribution in [0.2, 0.25) is 0 Å². The van der Waals surface area contributed by atoms with E-state index in [0.717, 1.165) is 36.1 Å². The molecule has 1 aromatic carbocycles. The highest BCUT2D eigenvalue weighted by Crippen LogP contribution is 2.14. The minimum Gasteiger partial charge on any atom is -0.343 e. The van der Waals surface area contributed by atoms with Crippen molar-refractivity contribution in [2.45, 2.75) is 25.8 Å². The molecular weight excluding hydrogens is 463 g/mol. The maximum atomic E-state index is 4.88. The van der Waals surface area contributed by atoms with Crippen molar-refractivity contribution in [3.63, 3.8) is 0 Å². The number of hydrogen-bond donors (Lipinski definition) is 1. The molecule has 0 unspecified atom stereocenters. The van der Waals surface area contributed by atoms with Gasteiger partial charge >= 0.3 is 0 Å². The Hall–Kier alpha value is -2.42. The summed E-state index contributed by atoms with van der Waals surface area (Å²) >= 11 is 0. The zero-order valence-corrected chi connectivity index (χ0v) is 18.1. The summed E-state index contributed by atoms with van der Waals surface area (Å²) in [4.78, 5) is 15.8. The molecule has 3 aromatic rings. The molecule has 0 spiro atoms. The van der Waals surface area contributed by atoms with Crippen LogP contribution in [0.4, 0.5) is 5.69 Å². The summed E-state index contributed by atoms with van der Waals surface area (Å²) in [6.45, 7) is 2.70. The van der Waals surface area contributed by atoms with Crippen LogP contribution in [0.1, 0.15) is 24.8 Å². The van der Waals surface area contributed by atoms with Crippen LogP contribution in [0, 0.1) is 0 Å². The van der Waals surface area contributed by atoms with Crippen molar-refractivity contribution in [2.75, 3.05) is 18.4 Å². The molecule has 0 radical (unpaired) electrons. The Morgan fingerprint density at radius 3 is 2.54 bits per heavy atom. The van der Waals surface area contributed by atoms with E-state index in [4.69, 9.17) is 4.99 Å². The first-order chi connectivity index (χ1) is 13.4. The number of aliphatic imine (C=N–C) groups is 1. The molecule has 0 saturated carbocycles. The summed E-state index contributed by atoms with van der Waals surface area (Å²) in [5, 5.41) is 3.50. The summed E-state index contributed by atoms with van der Waals surface area (Å²) < 4.78 is 1.89. The number of halogens is 1. The number of piperidine rings is 1.